The summed E-state index contributed by atoms with van der Waals surface area (Å²) in [6, 6.07) is 7.42. The number of hydrogen-bond acceptors (Lipinski definition) is 5. The minimum atomic E-state index is -0.601. The molecule has 2 unspecified atom stereocenters. The summed E-state index contributed by atoms with van der Waals surface area (Å²) in [4.78, 5) is 25.9. The number of carbonyl (C=O) groups is 2. The molecule has 1 spiro atoms. The first-order chi connectivity index (χ1) is 11.6. The third kappa shape index (κ3) is 3.18. The molecule has 1 amide bonds. The van der Waals surface area contributed by atoms with E-state index in [0.29, 0.717) is 19.6 Å². The molecule has 2 atom stereocenters. The topological polar surface area (TPSA) is 65.1 Å². The van der Waals surface area contributed by atoms with Crippen LogP contribution < -0.4 is 9.64 Å². The molecular weight excluding hydrogens is 310 g/mol. The van der Waals surface area contributed by atoms with Crippen LogP contribution in [0.4, 0.5) is 10.5 Å². The van der Waals surface area contributed by atoms with Gasteiger partial charge in [0.1, 0.15) is 11.4 Å². The van der Waals surface area contributed by atoms with E-state index in [2.05, 4.69) is 0 Å². The van der Waals surface area contributed by atoms with Crippen LogP contribution in [0.3, 0.4) is 0 Å². The number of rotatable bonds is 4. The van der Waals surface area contributed by atoms with Crippen LogP contribution >= 0.6 is 0 Å². The second-order valence-corrected chi connectivity index (χ2v) is 6.38. The van der Waals surface area contributed by atoms with E-state index in [1.165, 1.54) is 7.11 Å². The number of benzene rings is 1. The Morgan fingerprint density at radius 2 is 2.29 bits per heavy atom. The Bertz CT molecular complexity index is 632. The fourth-order valence-electron chi connectivity index (χ4n) is 3.66. The molecule has 0 N–H and O–H groups in total. The average Bonchev–Trinajstić information content (AvgIpc) is 2.90. The number of methoxy groups -OCH3 is 1. The molecular formula is C18H23NO5. The molecule has 3 rings (SSSR count). The summed E-state index contributed by atoms with van der Waals surface area (Å²) >= 11 is 0. The van der Waals surface area contributed by atoms with Crippen LogP contribution in [0.1, 0.15) is 32.6 Å². The van der Waals surface area contributed by atoms with Gasteiger partial charge in [-0.2, -0.15) is 0 Å². The van der Waals surface area contributed by atoms with Crippen LogP contribution in [0.25, 0.3) is 0 Å². The fraction of sp³-hybridized carbons (Fsp3) is 0.556. The lowest BCUT2D eigenvalue weighted by atomic mass is 9.78. The van der Waals surface area contributed by atoms with Crippen LogP contribution in [-0.4, -0.2) is 37.9 Å². The summed E-state index contributed by atoms with van der Waals surface area (Å²) in [5, 5.41) is 0. The minimum Gasteiger partial charge on any atom is -0.494 e. The van der Waals surface area contributed by atoms with Gasteiger partial charge in [-0.05, 0) is 38.3 Å². The van der Waals surface area contributed by atoms with E-state index in [9.17, 15) is 9.59 Å². The second kappa shape index (κ2) is 6.71. The molecule has 130 valence electrons. The molecule has 6 heteroatoms. The van der Waals surface area contributed by atoms with Crippen LogP contribution in [0, 0.1) is 5.92 Å². The molecule has 1 aromatic carbocycles. The van der Waals surface area contributed by atoms with Crippen LogP contribution in [0.5, 0.6) is 5.75 Å². The molecule has 1 saturated heterocycles. The normalized spacial score (nSPS) is 26.3. The van der Waals surface area contributed by atoms with Crippen molar-refractivity contribution in [1.82, 2.24) is 0 Å². The largest absolute Gasteiger partial charge is 0.494 e. The zero-order valence-electron chi connectivity index (χ0n) is 14.1. The van der Waals surface area contributed by atoms with Gasteiger partial charge in [0, 0.05) is 12.5 Å². The van der Waals surface area contributed by atoms with Crippen molar-refractivity contribution in [3.63, 3.8) is 0 Å². The highest BCUT2D eigenvalue weighted by Crippen LogP contribution is 2.41. The third-order valence-electron chi connectivity index (χ3n) is 4.75. The highest BCUT2D eigenvalue weighted by atomic mass is 16.6. The van der Waals surface area contributed by atoms with Gasteiger partial charge >= 0.3 is 12.1 Å². The van der Waals surface area contributed by atoms with Gasteiger partial charge in [0.25, 0.3) is 0 Å². The number of nitrogens with zero attached hydrogens (tertiary/aromatic N) is 1. The van der Waals surface area contributed by atoms with Gasteiger partial charge < -0.3 is 14.2 Å². The van der Waals surface area contributed by atoms with Crippen molar-refractivity contribution in [2.24, 2.45) is 5.92 Å². The van der Waals surface area contributed by atoms with Crippen LogP contribution in [0.2, 0.25) is 0 Å². The quantitative estimate of drug-likeness (QED) is 0.792. The number of anilines is 1. The fourth-order valence-corrected chi connectivity index (χ4v) is 3.66. The highest BCUT2D eigenvalue weighted by Gasteiger charge is 2.49. The van der Waals surface area contributed by atoms with E-state index in [-0.39, 0.29) is 18.0 Å². The molecule has 1 saturated carbocycles. The number of hydrogen-bond donors (Lipinski definition) is 0. The summed E-state index contributed by atoms with van der Waals surface area (Å²) < 4.78 is 16.1. The second-order valence-electron chi connectivity index (χ2n) is 6.38. The van der Waals surface area contributed by atoms with Gasteiger partial charge in [0.05, 0.1) is 31.9 Å². The SMILES string of the molecule is CCOc1cccc(N2CC3(CCCC(C(=O)OC)C3)OC2=O)c1. The molecule has 2 fully saturated rings. The van der Waals surface area contributed by atoms with Crippen molar-refractivity contribution >= 4 is 17.7 Å². The molecule has 1 heterocycles. The first-order valence-electron chi connectivity index (χ1n) is 8.38. The van der Waals surface area contributed by atoms with Crippen molar-refractivity contribution in [3.05, 3.63) is 24.3 Å². The summed E-state index contributed by atoms with van der Waals surface area (Å²) in [5.41, 5.74) is 0.151. The summed E-state index contributed by atoms with van der Waals surface area (Å²) in [6.07, 6.45) is 2.56. The van der Waals surface area contributed by atoms with Crippen molar-refractivity contribution in [3.8, 4) is 5.75 Å². The van der Waals surface area contributed by atoms with Crippen molar-refractivity contribution < 1.29 is 23.8 Å². The molecule has 0 bridgehead atoms. The number of carbonyl (C=O) groups excluding carboxylic acids is 2. The molecule has 1 aliphatic carbocycles. The van der Waals surface area contributed by atoms with E-state index in [1.807, 2.05) is 31.2 Å². The Balaban J connectivity index is 1.78. The zero-order valence-corrected chi connectivity index (χ0v) is 14.1. The van der Waals surface area contributed by atoms with Gasteiger partial charge in [-0.3, -0.25) is 9.69 Å². The smallest absolute Gasteiger partial charge is 0.415 e. The van der Waals surface area contributed by atoms with E-state index >= 15 is 0 Å². The lowest BCUT2D eigenvalue weighted by molar-refractivity contribution is -0.149. The summed E-state index contributed by atoms with van der Waals surface area (Å²) in [7, 11) is 1.40. The van der Waals surface area contributed by atoms with Gasteiger partial charge in [-0.1, -0.05) is 6.07 Å². The Kier molecular flexibility index (Phi) is 4.64. The Hall–Kier alpha value is -2.24. The Labute approximate surface area is 141 Å². The van der Waals surface area contributed by atoms with Crippen LogP contribution in [0.15, 0.2) is 24.3 Å². The minimum absolute atomic E-state index is 0.203. The molecule has 0 radical (unpaired) electrons. The van der Waals surface area contributed by atoms with Crippen molar-refractivity contribution in [2.75, 3.05) is 25.2 Å². The molecule has 1 aromatic rings. The van der Waals surface area contributed by atoms with Crippen LogP contribution in [-0.2, 0) is 14.3 Å². The monoisotopic (exact) mass is 333 g/mol. The average molecular weight is 333 g/mol. The Morgan fingerprint density at radius 1 is 1.46 bits per heavy atom. The Morgan fingerprint density at radius 3 is 3.04 bits per heavy atom. The lowest BCUT2D eigenvalue weighted by Gasteiger charge is -2.34. The number of ether oxygens (including phenoxy) is 3. The molecule has 6 nitrogen and oxygen atoms in total. The third-order valence-corrected chi connectivity index (χ3v) is 4.75. The van der Waals surface area contributed by atoms with Gasteiger partial charge in [0.2, 0.25) is 0 Å². The number of amides is 1. The molecule has 24 heavy (non-hydrogen) atoms. The summed E-state index contributed by atoms with van der Waals surface area (Å²) in [5.74, 6) is 0.299. The maximum atomic E-state index is 12.4. The van der Waals surface area contributed by atoms with E-state index in [4.69, 9.17) is 14.2 Å². The lowest BCUT2D eigenvalue weighted by Crippen LogP contribution is -2.41. The van der Waals surface area contributed by atoms with Gasteiger partial charge in [0.15, 0.2) is 0 Å². The zero-order chi connectivity index (χ0) is 17.2. The predicted molar refractivity (Wildman–Crippen MR) is 88.1 cm³/mol. The standard InChI is InChI=1S/C18H23NO5/c1-3-23-15-8-4-7-14(10-15)19-12-18(24-17(19)21)9-5-6-13(11-18)16(20)22-2/h4,7-8,10,13H,3,5-6,9,11-12H2,1-2H3. The van der Waals surface area contributed by atoms with Crippen molar-refractivity contribution in [1.29, 1.82) is 0 Å². The molecule has 1 aliphatic heterocycles. The molecule has 0 aromatic heterocycles. The maximum Gasteiger partial charge on any atom is 0.415 e. The summed E-state index contributed by atoms with van der Waals surface area (Å²) in [6.45, 7) is 2.94. The van der Waals surface area contributed by atoms with E-state index in [1.54, 1.807) is 4.90 Å². The first kappa shape index (κ1) is 16.6. The molecule has 2 aliphatic rings. The van der Waals surface area contributed by atoms with Crippen molar-refractivity contribution in [2.45, 2.75) is 38.2 Å². The van der Waals surface area contributed by atoms with Gasteiger partial charge in [-0.15, -0.1) is 0 Å². The van der Waals surface area contributed by atoms with Gasteiger partial charge in [-0.25, -0.2) is 4.79 Å². The maximum absolute atomic E-state index is 12.4. The van der Waals surface area contributed by atoms with E-state index in [0.717, 1.165) is 30.7 Å². The van der Waals surface area contributed by atoms with E-state index < -0.39 is 5.60 Å². The highest BCUT2D eigenvalue weighted by molar-refractivity contribution is 5.90. The predicted octanol–water partition coefficient (Wildman–Crippen LogP) is 3.14. The first-order valence-corrected chi connectivity index (χ1v) is 8.38. The number of esters is 1.